The summed E-state index contributed by atoms with van der Waals surface area (Å²) in [5.41, 5.74) is 10.0. The van der Waals surface area contributed by atoms with Crippen LogP contribution in [0.3, 0.4) is 0 Å². The molecule has 0 atom stereocenters. The van der Waals surface area contributed by atoms with E-state index < -0.39 is 41.8 Å². The predicted molar refractivity (Wildman–Crippen MR) is 286 cm³/mol. The summed E-state index contributed by atoms with van der Waals surface area (Å²) in [6.07, 6.45) is 4.78. The smallest absolute Gasteiger partial charge is 0.335 e. The van der Waals surface area contributed by atoms with Gasteiger partial charge in [0.2, 0.25) is 0 Å². The predicted octanol–water partition coefficient (Wildman–Crippen LogP) is 16.9. The Kier molecular flexibility index (Phi) is 11.5. The number of imidazole rings is 1. The van der Waals surface area contributed by atoms with Crippen molar-refractivity contribution < 1.29 is 50.6 Å². The number of fused-ring (bicyclic) bond motifs is 8. The molecule has 0 spiro atoms. The summed E-state index contributed by atoms with van der Waals surface area (Å²) in [5, 5.41) is 1.34. The van der Waals surface area contributed by atoms with E-state index in [9.17, 15) is 17.6 Å². The van der Waals surface area contributed by atoms with Crippen molar-refractivity contribution in [2.45, 2.75) is 6.85 Å². The van der Waals surface area contributed by atoms with E-state index >= 15 is 8.78 Å². The molecule has 0 bridgehead atoms. The summed E-state index contributed by atoms with van der Waals surface area (Å²) in [4.78, 5) is 19.1. The summed E-state index contributed by atoms with van der Waals surface area (Å²) in [7, 11) is 0. The second-order valence-electron chi connectivity index (χ2n) is 18.2. The third kappa shape index (κ3) is 8.71. The molecule has 0 aliphatic carbocycles. The van der Waals surface area contributed by atoms with E-state index in [1.165, 1.54) is 36.7 Å². The zero-order valence-electron chi connectivity index (χ0n) is 42.7. The Hall–Kier alpha value is -9.09. The fourth-order valence-corrected chi connectivity index (χ4v) is 10.1. The van der Waals surface area contributed by atoms with Gasteiger partial charge in [0.05, 0.1) is 11.0 Å². The molecule has 5 heterocycles. The molecule has 12 heteroatoms. The molecule has 0 amide bonds. The number of benzene rings is 8. The summed E-state index contributed by atoms with van der Waals surface area (Å²) in [6.45, 7) is -2.44. The number of rotatable bonds is 8. The summed E-state index contributed by atoms with van der Waals surface area (Å²) in [5.74, 6) is -4.35. The van der Waals surface area contributed by atoms with E-state index in [-0.39, 0.29) is 48.2 Å². The van der Waals surface area contributed by atoms with Gasteiger partial charge in [0.1, 0.15) is 17.3 Å². The van der Waals surface area contributed by atoms with E-state index in [1.807, 2.05) is 71.1 Å². The molecule has 0 fully saturated rings. The molecule has 0 unspecified atom stereocenters. The van der Waals surface area contributed by atoms with Gasteiger partial charge in [-0.3, -0.25) is 17.6 Å². The maximum atomic E-state index is 15.8. The first-order chi connectivity index (χ1) is 38.2. The number of hydrogen-bond donors (Lipinski definition) is 0. The van der Waals surface area contributed by atoms with Gasteiger partial charge >= 0.3 is 20.1 Å². The Labute approximate surface area is 454 Å². The van der Waals surface area contributed by atoms with E-state index in [0.717, 1.165) is 35.3 Å². The van der Waals surface area contributed by atoms with Crippen LogP contribution in [0.15, 0.2) is 188 Å². The van der Waals surface area contributed by atoms with Gasteiger partial charge in [-0.1, -0.05) is 96.1 Å². The molecule has 0 radical (unpaired) electrons. The molecule has 13 aromatic rings. The van der Waals surface area contributed by atoms with Crippen LogP contribution in [0.25, 0.3) is 128 Å². The van der Waals surface area contributed by atoms with Crippen LogP contribution in [0, 0.1) is 60.0 Å². The van der Waals surface area contributed by atoms with Crippen LogP contribution in [0.2, 0.25) is 0 Å². The van der Waals surface area contributed by atoms with Gasteiger partial charge in [0.15, 0.2) is 0 Å². The minimum absolute atomic E-state index is 0. The van der Waals surface area contributed by atoms with Crippen molar-refractivity contribution in [3.05, 3.63) is 247 Å². The van der Waals surface area contributed by atoms with Crippen molar-refractivity contribution in [2.75, 3.05) is 0 Å². The van der Waals surface area contributed by atoms with E-state index in [2.05, 4.69) is 28.2 Å². The van der Waals surface area contributed by atoms with Crippen molar-refractivity contribution in [3.8, 4) is 89.3 Å². The zero-order valence-corrected chi connectivity index (χ0v) is 42.1. The van der Waals surface area contributed by atoms with Crippen molar-refractivity contribution >= 4 is 38.5 Å². The molecule has 0 saturated carbocycles. The van der Waals surface area contributed by atoms with Gasteiger partial charge in [-0.05, 0) is 151 Å². The first-order valence-electron chi connectivity index (χ1n) is 25.3. The van der Waals surface area contributed by atoms with Gasteiger partial charge in [0, 0.05) is 56.9 Å². The van der Waals surface area contributed by atoms with Crippen molar-refractivity contribution in [2.24, 2.45) is 0 Å². The second-order valence-corrected chi connectivity index (χ2v) is 18.2. The van der Waals surface area contributed by atoms with E-state index in [0.29, 0.717) is 94.2 Å². The topological polar surface area (TPSA) is 56.0 Å². The van der Waals surface area contributed by atoms with Crippen LogP contribution in [0.5, 0.6) is 0 Å². The number of aromatic nitrogens is 5. The Morgan fingerprint density at radius 3 is 1.55 bits per heavy atom. The monoisotopic (exact) mass is 1190 g/mol. The largest absolute Gasteiger partial charge is 3.00 e. The molecule has 5 nitrogen and oxygen atoms in total. The average Bonchev–Trinajstić information content (AvgIpc) is 4.11. The minimum Gasteiger partial charge on any atom is -0.335 e. The number of nitrogens with zero attached hydrogens (tertiary/aromatic N) is 5. The number of halogens is 6. The summed E-state index contributed by atoms with van der Waals surface area (Å²) in [6, 6.07) is 53.2. The maximum absolute atomic E-state index is 15.8. The fourth-order valence-electron chi connectivity index (χ4n) is 10.1. The van der Waals surface area contributed by atoms with Gasteiger partial charge in [-0.2, -0.15) is 0 Å². The molecule has 0 aliphatic heterocycles. The van der Waals surface area contributed by atoms with Crippen LogP contribution in [-0.2, 0) is 20.1 Å². The third-order valence-electron chi connectivity index (χ3n) is 13.6. The normalized spacial score (nSPS) is 12.2. The van der Waals surface area contributed by atoms with Crippen LogP contribution in [0.4, 0.5) is 26.3 Å². The number of pyridine rings is 4. The first-order valence-corrected chi connectivity index (χ1v) is 23.8. The molecule has 0 aliphatic rings. The molecule has 0 N–H and O–H groups in total. The molecule has 0 saturated heterocycles. The molecule has 77 heavy (non-hydrogen) atoms. The van der Waals surface area contributed by atoms with Crippen molar-refractivity contribution in [1.29, 1.82) is 0 Å². The van der Waals surface area contributed by atoms with Gasteiger partial charge in [-0.25, -0.2) is 13.8 Å². The molecule has 13 rings (SSSR count). The zero-order chi connectivity index (χ0) is 54.3. The first kappa shape index (κ1) is 45.3. The molecule has 8 aromatic carbocycles. The maximum Gasteiger partial charge on any atom is 3.00 e. The van der Waals surface area contributed by atoms with Crippen molar-refractivity contribution in [1.82, 2.24) is 24.3 Å². The molecular weight excluding hydrogens is 1160 g/mol. The van der Waals surface area contributed by atoms with Gasteiger partial charge < -0.3 is 19.4 Å². The average molecular weight is 1190 g/mol. The molecule has 5 aromatic heterocycles. The van der Waals surface area contributed by atoms with E-state index in [1.54, 1.807) is 60.8 Å². The molecule has 370 valence electrons. The van der Waals surface area contributed by atoms with Gasteiger partial charge in [0.25, 0.3) is 0 Å². The fraction of sp³-hybridized carbons (Fsp3) is 0.0154. The SMILES string of the molecule is [2H]C([2H])([2H])c1cccc2c1nc1c3cc(-c4ccccc4-c4cc(-c5cc(F)ccc5-c5ccc(-c6[c-]cc(F)cc6F)nc5)cc(-c5cc(F)ccc5-c5ccc(-c6[c-]cc(F)cc6F)nc5)c4)cnc3c3[c-]cccc3n21.[Ir+3]. The summed E-state index contributed by atoms with van der Waals surface area (Å²) < 4.78 is 116. The quantitative estimate of drug-likeness (QED) is 0.0864. The Bertz CT molecular complexity index is 4460. The van der Waals surface area contributed by atoms with E-state index in [4.69, 9.17) is 14.1 Å². The Morgan fingerprint density at radius 1 is 0.442 bits per heavy atom. The van der Waals surface area contributed by atoms with Crippen LogP contribution >= 0.6 is 0 Å². The Morgan fingerprint density at radius 2 is 0.987 bits per heavy atom. The number of hydrogen-bond acceptors (Lipinski definition) is 4. The number of aryl methyl sites for hydroxylation is 1. The molecular formula is C65H34F6IrN5. The minimum atomic E-state index is -2.44. The van der Waals surface area contributed by atoms with Crippen molar-refractivity contribution in [3.63, 3.8) is 0 Å². The second kappa shape index (κ2) is 19.6. The van der Waals surface area contributed by atoms with Crippen LogP contribution < -0.4 is 0 Å². The Balaban J connectivity index is 0.00000637. The van der Waals surface area contributed by atoms with Crippen LogP contribution in [0.1, 0.15) is 9.68 Å². The standard InChI is InChI=1S/C65H34F6N5.Ir/c1-36-7-6-12-62-63(36)75-65-56-28-42(35-74-64(56)53-10-4-5-11-61(53)76(62)65)48-9-3-2-8-47(48)39-25-40(54-29-43(66)15-19-49(54)37-13-23-59(72-33-37)51-21-17-45(68)31-57(51)70)27-41(26-39)55-30-44(67)16-20-50(55)38-14-24-60(73-34-38)52-22-18-46(69)32-58(52)71;/h2-9,11-20,23-35H,1H3;/q-3;+3/i1D3;. The number of para-hydroxylation sites is 1. The third-order valence-corrected chi connectivity index (χ3v) is 13.6. The van der Waals surface area contributed by atoms with Gasteiger partial charge in [-0.15, -0.1) is 53.9 Å². The van der Waals surface area contributed by atoms with Crippen LogP contribution in [-0.4, -0.2) is 24.3 Å². The summed E-state index contributed by atoms with van der Waals surface area (Å²) >= 11 is 0.